The van der Waals surface area contributed by atoms with Crippen molar-refractivity contribution in [3.05, 3.63) is 29.0 Å². The first-order chi connectivity index (χ1) is 9.42. The van der Waals surface area contributed by atoms with Gasteiger partial charge in [-0.15, -0.1) is 0 Å². The Morgan fingerprint density at radius 3 is 2.70 bits per heavy atom. The molecule has 1 aromatic carbocycles. The van der Waals surface area contributed by atoms with Gasteiger partial charge in [-0.1, -0.05) is 24.9 Å². The number of urea groups is 1. The lowest BCUT2D eigenvalue weighted by Gasteiger charge is -2.14. The minimum atomic E-state index is -0.902. The smallest absolute Gasteiger partial charge is 0.319 e. The molecule has 0 spiro atoms. The number of benzene rings is 1. The van der Waals surface area contributed by atoms with Gasteiger partial charge in [-0.25, -0.2) is 9.18 Å². The molecule has 110 valence electrons. The van der Waals surface area contributed by atoms with Gasteiger partial charge in [-0.05, 0) is 24.1 Å². The topological polar surface area (TPSA) is 78.4 Å². The van der Waals surface area contributed by atoms with Crippen LogP contribution in [0, 0.1) is 11.7 Å². The van der Waals surface area contributed by atoms with Crippen molar-refractivity contribution in [3.8, 4) is 0 Å². The molecular weight excluding hydrogens is 287 g/mol. The molecule has 0 aliphatic rings. The summed E-state index contributed by atoms with van der Waals surface area (Å²) in [5.41, 5.74) is 0.289. The molecule has 0 saturated carbocycles. The maximum atomic E-state index is 12.8. The van der Waals surface area contributed by atoms with Crippen LogP contribution in [0.1, 0.15) is 19.8 Å². The fraction of sp³-hybridized carbons (Fsp3) is 0.385. The van der Waals surface area contributed by atoms with E-state index >= 15 is 0 Å². The summed E-state index contributed by atoms with van der Waals surface area (Å²) in [4.78, 5) is 22.2. The molecule has 7 heteroatoms. The number of nitrogens with one attached hydrogen (secondary N) is 2. The summed E-state index contributed by atoms with van der Waals surface area (Å²) in [6, 6.07) is 3.12. The number of rotatable bonds is 6. The van der Waals surface area contributed by atoms with E-state index in [0.717, 1.165) is 6.07 Å². The van der Waals surface area contributed by atoms with Crippen LogP contribution in [0.2, 0.25) is 5.02 Å². The van der Waals surface area contributed by atoms with Gasteiger partial charge in [0.2, 0.25) is 0 Å². The summed E-state index contributed by atoms with van der Waals surface area (Å²) in [5, 5.41) is 13.8. The van der Waals surface area contributed by atoms with Crippen LogP contribution in [0.15, 0.2) is 18.2 Å². The average Bonchev–Trinajstić information content (AvgIpc) is 2.37. The molecule has 0 radical (unpaired) electrons. The molecule has 20 heavy (non-hydrogen) atoms. The molecule has 3 N–H and O–H groups in total. The molecule has 0 aromatic heterocycles. The van der Waals surface area contributed by atoms with Crippen LogP contribution in [-0.2, 0) is 4.79 Å². The van der Waals surface area contributed by atoms with E-state index in [2.05, 4.69) is 10.6 Å². The molecule has 0 aliphatic carbocycles. The number of halogens is 2. The third-order valence-electron chi connectivity index (χ3n) is 2.77. The number of aliphatic carboxylic acids is 1. The molecule has 0 saturated heterocycles. The normalized spacial score (nSPS) is 11.8. The second-order valence-electron chi connectivity index (χ2n) is 4.33. The number of carbonyl (C=O) groups is 2. The van der Waals surface area contributed by atoms with Gasteiger partial charge in [0.25, 0.3) is 0 Å². The number of amides is 2. The molecular formula is C13H16ClFN2O3. The zero-order valence-electron chi connectivity index (χ0n) is 11.0. The highest BCUT2D eigenvalue weighted by molar-refractivity contribution is 6.33. The lowest BCUT2D eigenvalue weighted by Crippen LogP contribution is -2.33. The van der Waals surface area contributed by atoms with Crippen LogP contribution in [0.5, 0.6) is 0 Å². The Kier molecular flexibility index (Phi) is 6.24. The van der Waals surface area contributed by atoms with Crippen molar-refractivity contribution in [2.24, 2.45) is 5.92 Å². The molecule has 0 heterocycles. The first kappa shape index (κ1) is 16.2. The van der Waals surface area contributed by atoms with Gasteiger partial charge < -0.3 is 15.7 Å². The van der Waals surface area contributed by atoms with Crippen LogP contribution in [0.25, 0.3) is 0 Å². The van der Waals surface area contributed by atoms with E-state index in [-0.39, 0.29) is 29.6 Å². The number of carboxylic acids is 1. The van der Waals surface area contributed by atoms with Gasteiger partial charge in [0.1, 0.15) is 5.82 Å². The number of carboxylic acid groups (broad SMARTS) is 1. The fourth-order valence-electron chi connectivity index (χ4n) is 1.60. The summed E-state index contributed by atoms with van der Waals surface area (Å²) in [5.74, 6) is -1.53. The standard InChI is InChI=1S/C13H16ClFN2O3/c1-2-8(5-12(18)19)7-16-13(20)17-11-4-3-9(15)6-10(11)14/h3-4,6,8H,2,5,7H2,1H3,(H,18,19)(H2,16,17,20). The molecule has 0 aliphatic heterocycles. The molecule has 0 bridgehead atoms. The van der Waals surface area contributed by atoms with E-state index in [1.54, 1.807) is 0 Å². The Hall–Kier alpha value is -1.82. The highest BCUT2D eigenvalue weighted by atomic mass is 35.5. The molecule has 1 atom stereocenters. The van der Waals surface area contributed by atoms with Crippen LogP contribution in [-0.4, -0.2) is 23.7 Å². The lowest BCUT2D eigenvalue weighted by molar-refractivity contribution is -0.138. The van der Waals surface area contributed by atoms with Crippen LogP contribution in [0.3, 0.4) is 0 Å². The van der Waals surface area contributed by atoms with Gasteiger partial charge in [0, 0.05) is 13.0 Å². The first-order valence-electron chi connectivity index (χ1n) is 6.14. The molecule has 1 rings (SSSR count). The zero-order valence-corrected chi connectivity index (χ0v) is 11.7. The van der Waals surface area contributed by atoms with E-state index in [9.17, 15) is 14.0 Å². The molecule has 2 amide bonds. The van der Waals surface area contributed by atoms with E-state index in [0.29, 0.717) is 6.42 Å². The minimum absolute atomic E-state index is 0.00587. The van der Waals surface area contributed by atoms with Crippen molar-refractivity contribution in [1.29, 1.82) is 0 Å². The summed E-state index contributed by atoms with van der Waals surface area (Å²) in [6.45, 7) is 2.09. The highest BCUT2D eigenvalue weighted by Gasteiger charge is 2.13. The van der Waals surface area contributed by atoms with Crippen LogP contribution < -0.4 is 10.6 Å². The van der Waals surface area contributed by atoms with Crippen molar-refractivity contribution in [1.82, 2.24) is 5.32 Å². The van der Waals surface area contributed by atoms with Crippen molar-refractivity contribution < 1.29 is 19.1 Å². The predicted octanol–water partition coefficient (Wildman–Crippen LogP) is 3.10. The maximum Gasteiger partial charge on any atom is 0.319 e. The Morgan fingerprint density at radius 2 is 2.15 bits per heavy atom. The Labute approximate surface area is 121 Å². The molecule has 1 unspecified atom stereocenters. The highest BCUT2D eigenvalue weighted by Crippen LogP contribution is 2.22. The predicted molar refractivity (Wildman–Crippen MR) is 74.5 cm³/mol. The molecule has 0 fully saturated rings. The van der Waals surface area contributed by atoms with Crippen molar-refractivity contribution in [3.63, 3.8) is 0 Å². The number of anilines is 1. The number of carbonyl (C=O) groups excluding carboxylic acids is 1. The zero-order chi connectivity index (χ0) is 15.1. The van der Waals surface area contributed by atoms with Gasteiger partial charge in [0.15, 0.2) is 0 Å². The lowest BCUT2D eigenvalue weighted by atomic mass is 10.0. The van der Waals surface area contributed by atoms with Crippen LogP contribution in [0.4, 0.5) is 14.9 Å². The average molecular weight is 303 g/mol. The SMILES string of the molecule is CCC(CNC(=O)Nc1ccc(F)cc1Cl)CC(=O)O. The Balaban J connectivity index is 2.49. The maximum absolute atomic E-state index is 12.8. The van der Waals surface area contributed by atoms with Gasteiger partial charge in [0.05, 0.1) is 10.7 Å². The largest absolute Gasteiger partial charge is 0.481 e. The second kappa shape index (κ2) is 7.69. The fourth-order valence-corrected chi connectivity index (χ4v) is 1.82. The Morgan fingerprint density at radius 1 is 1.45 bits per heavy atom. The third kappa shape index (κ3) is 5.44. The third-order valence-corrected chi connectivity index (χ3v) is 3.08. The summed E-state index contributed by atoms with van der Waals surface area (Å²) in [7, 11) is 0. The number of hydrogen-bond donors (Lipinski definition) is 3. The van der Waals surface area contributed by atoms with E-state index in [4.69, 9.17) is 16.7 Å². The molecule has 5 nitrogen and oxygen atoms in total. The summed E-state index contributed by atoms with van der Waals surface area (Å²) < 4.78 is 12.8. The van der Waals surface area contributed by atoms with E-state index in [1.165, 1.54) is 12.1 Å². The van der Waals surface area contributed by atoms with Crippen LogP contribution >= 0.6 is 11.6 Å². The van der Waals surface area contributed by atoms with E-state index < -0.39 is 17.8 Å². The van der Waals surface area contributed by atoms with E-state index in [1.807, 2.05) is 6.92 Å². The summed E-state index contributed by atoms with van der Waals surface area (Å²) >= 11 is 5.77. The molecule has 1 aromatic rings. The first-order valence-corrected chi connectivity index (χ1v) is 6.51. The minimum Gasteiger partial charge on any atom is -0.481 e. The quantitative estimate of drug-likeness (QED) is 0.755. The van der Waals surface area contributed by atoms with Gasteiger partial charge in [-0.3, -0.25) is 4.79 Å². The summed E-state index contributed by atoms with van der Waals surface area (Å²) in [6.07, 6.45) is 0.637. The second-order valence-corrected chi connectivity index (χ2v) is 4.74. The van der Waals surface area contributed by atoms with Crippen molar-refractivity contribution >= 4 is 29.3 Å². The van der Waals surface area contributed by atoms with Gasteiger partial charge in [-0.2, -0.15) is 0 Å². The Bertz CT molecular complexity index is 497. The monoisotopic (exact) mass is 302 g/mol. The van der Waals surface area contributed by atoms with Crippen molar-refractivity contribution in [2.75, 3.05) is 11.9 Å². The van der Waals surface area contributed by atoms with Gasteiger partial charge >= 0.3 is 12.0 Å². The number of hydrogen-bond acceptors (Lipinski definition) is 2. The van der Waals surface area contributed by atoms with Crippen molar-refractivity contribution in [2.45, 2.75) is 19.8 Å².